The molecule has 7 nitrogen and oxygen atoms in total. The average Bonchev–Trinajstić information content (AvgIpc) is 2.93. The number of carbonyl (C=O) groups is 2. The predicted molar refractivity (Wildman–Crippen MR) is 145 cm³/mol. The van der Waals surface area contributed by atoms with E-state index in [0.29, 0.717) is 48.7 Å². The van der Waals surface area contributed by atoms with Gasteiger partial charge in [0.25, 0.3) is 0 Å². The van der Waals surface area contributed by atoms with Crippen LogP contribution in [0.4, 0.5) is 0 Å². The first-order valence-electron chi connectivity index (χ1n) is 15.1. The van der Waals surface area contributed by atoms with Crippen molar-refractivity contribution in [1.29, 1.82) is 5.26 Å². The summed E-state index contributed by atoms with van der Waals surface area (Å²) in [5.41, 5.74) is 1.31. The Labute approximate surface area is 224 Å². The summed E-state index contributed by atoms with van der Waals surface area (Å²) in [6.07, 6.45) is 11.9. The number of quaternary nitrogens is 1. The number of amides is 2. The van der Waals surface area contributed by atoms with E-state index in [0.717, 1.165) is 58.3 Å². The second kappa shape index (κ2) is 13.2. The van der Waals surface area contributed by atoms with Crippen molar-refractivity contribution in [2.24, 2.45) is 35.5 Å². The van der Waals surface area contributed by atoms with Gasteiger partial charge in [0.05, 0.1) is 12.6 Å². The Bertz CT molecular complexity index is 843. The molecular formula is C30H50N5O2+. The van der Waals surface area contributed by atoms with E-state index in [9.17, 15) is 9.59 Å². The number of rotatable bonds is 7. The van der Waals surface area contributed by atoms with Crippen LogP contribution in [0.3, 0.4) is 0 Å². The smallest absolute Gasteiger partial charge is 0.223 e. The van der Waals surface area contributed by atoms with Crippen LogP contribution < -0.4 is 10.6 Å². The van der Waals surface area contributed by atoms with Crippen LogP contribution in [0.2, 0.25) is 0 Å². The SMILES string of the molecule is CC1=C[C@@H](CNC(=O)C2CCC(C#N)CC2)[C@H](C(C)C)C[C@H]1CC(=O)N1CCN(C2CCCC[NH2+]2)CC1. The fourth-order valence-electron chi connectivity index (χ4n) is 7.26. The summed E-state index contributed by atoms with van der Waals surface area (Å²) < 4.78 is 0. The summed E-state index contributed by atoms with van der Waals surface area (Å²) in [6.45, 7) is 12.4. The molecule has 0 spiro atoms. The Morgan fingerprint density at radius 1 is 1.11 bits per heavy atom. The van der Waals surface area contributed by atoms with Crippen molar-refractivity contribution in [3.63, 3.8) is 0 Å². The fraction of sp³-hybridized carbons (Fsp3) is 0.833. The Morgan fingerprint density at radius 2 is 1.84 bits per heavy atom. The number of allylic oxidation sites excluding steroid dienone is 1. The second-order valence-electron chi connectivity index (χ2n) is 12.5. The van der Waals surface area contributed by atoms with Gasteiger partial charge in [-0.1, -0.05) is 25.5 Å². The molecule has 206 valence electrons. The molecule has 0 radical (unpaired) electrons. The lowest BCUT2D eigenvalue weighted by atomic mass is 9.69. The quantitative estimate of drug-likeness (QED) is 0.513. The standard InChI is InChI=1S/C30H49N5O2/c1-21(2)27-17-25(18-29(36)35-14-12-34(13-15-35)28-6-4-5-11-32-28)22(3)16-26(27)20-33-30(37)24-9-7-23(19-31)8-10-24/h16,21,23-28,32H,4-15,17-18,20H2,1-3H3,(H,33,37)/p+1/t23?,24?,25-,26-,27-,28?/m0/s1. The minimum atomic E-state index is 0.0533. The summed E-state index contributed by atoms with van der Waals surface area (Å²) in [5.74, 6) is 2.24. The van der Waals surface area contributed by atoms with Gasteiger partial charge in [0.1, 0.15) is 6.17 Å². The van der Waals surface area contributed by atoms with Crippen molar-refractivity contribution in [1.82, 2.24) is 15.1 Å². The summed E-state index contributed by atoms with van der Waals surface area (Å²) in [7, 11) is 0. The lowest BCUT2D eigenvalue weighted by Gasteiger charge is -2.40. The largest absolute Gasteiger partial charge is 0.355 e. The molecule has 3 N–H and O–H groups in total. The van der Waals surface area contributed by atoms with Gasteiger partial charge in [0.2, 0.25) is 11.8 Å². The molecule has 2 aliphatic heterocycles. The van der Waals surface area contributed by atoms with Crippen molar-refractivity contribution in [2.45, 2.75) is 84.7 Å². The predicted octanol–water partition coefficient (Wildman–Crippen LogP) is 2.89. The monoisotopic (exact) mass is 512 g/mol. The molecule has 2 heterocycles. The van der Waals surface area contributed by atoms with Crippen LogP contribution in [0.15, 0.2) is 11.6 Å². The third-order valence-corrected chi connectivity index (χ3v) is 9.83. The van der Waals surface area contributed by atoms with Gasteiger partial charge in [0, 0.05) is 57.4 Å². The van der Waals surface area contributed by atoms with E-state index in [2.05, 4.69) is 53.3 Å². The number of nitrogens with one attached hydrogen (secondary N) is 1. The molecule has 2 amide bonds. The molecule has 7 heteroatoms. The normalized spacial score (nSPS) is 33.5. The van der Waals surface area contributed by atoms with Gasteiger partial charge in [-0.15, -0.1) is 0 Å². The number of piperazine rings is 1. The van der Waals surface area contributed by atoms with Gasteiger partial charge in [-0.25, -0.2) is 0 Å². The van der Waals surface area contributed by atoms with E-state index < -0.39 is 0 Å². The lowest BCUT2D eigenvalue weighted by Crippen LogP contribution is -2.95. The highest BCUT2D eigenvalue weighted by molar-refractivity contribution is 5.78. The fourth-order valence-corrected chi connectivity index (χ4v) is 7.26. The van der Waals surface area contributed by atoms with E-state index in [-0.39, 0.29) is 17.7 Å². The molecule has 0 bridgehead atoms. The van der Waals surface area contributed by atoms with E-state index in [1.54, 1.807) is 0 Å². The maximum absolute atomic E-state index is 13.3. The molecule has 0 aromatic heterocycles. The number of hydrogen-bond donors (Lipinski definition) is 2. The minimum absolute atomic E-state index is 0.0533. The number of nitriles is 1. The lowest BCUT2D eigenvalue weighted by molar-refractivity contribution is -0.717. The zero-order valence-electron chi connectivity index (χ0n) is 23.5. The van der Waals surface area contributed by atoms with Crippen LogP contribution in [-0.4, -0.2) is 67.0 Å². The molecule has 2 aliphatic carbocycles. The zero-order valence-corrected chi connectivity index (χ0v) is 23.5. The van der Waals surface area contributed by atoms with Gasteiger partial charge in [-0.05, 0) is 75.5 Å². The van der Waals surface area contributed by atoms with E-state index in [4.69, 9.17) is 5.26 Å². The molecule has 1 unspecified atom stereocenters. The van der Waals surface area contributed by atoms with Crippen LogP contribution in [0.25, 0.3) is 0 Å². The summed E-state index contributed by atoms with van der Waals surface area (Å²) in [5, 5.41) is 14.9. The van der Waals surface area contributed by atoms with Crippen molar-refractivity contribution in [3.05, 3.63) is 11.6 Å². The molecule has 0 aromatic rings. The molecule has 4 atom stereocenters. The van der Waals surface area contributed by atoms with Crippen molar-refractivity contribution in [3.8, 4) is 6.07 Å². The van der Waals surface area contributed by atoms with E-state index >= 15 is 0 Å². The third-order valence-electron chi connectivity index (χ3n) is 9.83. The first-order chi connectivity index (χ1) is 17.9. The van der Waals surface area contributed by atoms with Crippen molar-refractivity contribution < 1.29 is 14.9 Å². The molecule has 37 heavy (non-hydrogen) atoms. The van der Waals surface area contributed by atoms with E-state index in [1.807, 2.05) is 0 Å². The number of nitrogens with two attached hydrogens (primary N) is 1. The molecule has 4 rings (SSSR count). The molecule has 4 aliphatic rings. The van der Waals surface area contributed by atoms with Crippen LogP contribution in [-0.2, 0) is 9.59 Å². The Kier molecular flexibility index (Phi) is 10.1. The Morgan fingerprint density at radius 3 is 2.46 bits per heavy atom. The molecule has 2 saturated heterocycles. The molecule has 1 saturated carbocycles. The van der Waals surface area contributed by atoms with Crippen LogP contribution in [0.1, 0.15) is 78.6 Å². The third kappa shape index (κ3) is 7.35. The highest BCUT2D eigenvalue weighted by Gasteiger charge is 2.35. The van der Waals surface area contributed by atoms with Gasteiger partial charge in [0.15, 0.2) is 0 Å². The molecule has 0 aromatic carbocycles. The van der Waals surface area contributed by atoms with Gasteiger partial charge in [-0.2, -0.15) is 5.26 Å². The van der Waals surface area contributed by atoms with E-state index in [1.165, 1.54) is 31.4 Å². The number of carbonyl (C=O) groups excluding carboxylic acids is 2. The topological polar surface area (TPSA) is 93.0 Å². The average molecular weight is 513 g/mol. The summed E-state index contributed by atoms with van der Waals surface area (Å²) in [6, 6.07) is 2.35. The highest BCUT2D eigenvalue weighted by atomic mass is 16.2. The van der Waals surface area contributed by atoms with Gasteiger partial charge in [-0.3, -0.25) is 14.5 Å². The number of hydrogen-bond acceptors (Lipinski definition) is 4. The maximum atomic E-state index is 13.3. The van der Waals surface area contributed by atoms with Gasteiger partial charge >= 0.3 is 0 Å². The first-order valence-corrected chi connectivity index (χ1v) is 15.1. The van der Waals surface area contributed by atoms with Crippen molar-refractivity contribution >= 4 is 11.8 Å². The molecular weight excluding hydrogens is 462 g/mol. The summed E-state index contributed by atoms with van der Waals surface area (Å²) in [4.78, 5) is 30.8. The molecule has 3 fully saturated rings. The Hall–Kier alpha value is -1.91. The number of nitrogens with zero attached hydrogens (tertiary/aromatic N) is 3. The van der Waals surface area contributed by atoms with Crippen LogP contribution in [0.5, 0.6) is 0 Å². The van der Waals surface area contributed by atoms with Gasteiger partial charge < -0.3 is 15.5 Å². The summed E-state index contributed by atoms with van der Waals surface area (Å²) >= 11 is 0. The highest BCUT2D eigenvalue weighted by Crippen LogP contribution is 2.39. The maximum Gasteiger partial charge on any atom is 0.223 e. The Balaban J connectivity index is 1.27. The van der Waals surface area contributed by atoms with Crippen LogP contribution >= 0.6 is 0 Å². The first kappa shape index (κ1) is 28.1. The van der Waals surface area contributed by atoms with Crippen molar-refractivity contribution in [2.75, 3.05) is 39.3 Å². The zero-order chi connectivity index (χ0) is 26.4. The van der Waals surface area contributed by atoms with Crippen LogP contribution in [0, 0.1) is 46.8 Å². The second-order valence-corrected chi connectivity index (χ2v) is 12.5. The minimum Gasteiger partial charge on any atom is -0.355 e. The number of piperidine rings is 1.